The van der Waals surface area contributed by atoms with Gasteiger partial charge in [0.15, 0.2) is 5.82 Å². The Morgan fingerprint density at radius 1 is 1.13 bits per heavy atom. The second kappa shape index (κ2) is 7.34. The van der Waals surface area contributed by atoms with Gasteiger partial charge < -0.3 is 5.73 Å². The van der Waals surface area contributed by atoms with Crippen molar-refractivity contribution in [2.75, 3.05) is 0 Å². The summed E-state index contributed by atoms with van der Waals surface area (Å²) in [5, 5.41) is 11.3. The van der Waals surface area contributed by atoms with E-state index in [2.05, 4.69) is 22.4 Å². The molecule has 1 aromatic heterocycles. The lowest BCUT2D eigenvalue weighted by Gasteiger charge is -2.02. The van der Waals surface area contributed by atoms with Gasteiger partial charge in [-0.3, -0.25) is 0 Å². The Morgan fingerprint density at radius 2 is 1.87 bits per heavy atom. The lowest BCUT2D eigenvalue weighted by Crippen LogP contribution is -2.10. The highest BCUT2D eigenvalue weighted by atomic mass is 15.5. The Kier molecular flexibility index (Phi) is 5.92. The van der Waals surface area contributed by atoms with Crippen LogP contribution in [0.25, 0.3) is 0 Å². The molecular formula is C10H21N5. The van der Waals surface area contributed by atoms with E-state index in [9.17, 15) is 0 Å². The monoisotopic (exact) mass is 211 g/mol. The van der Waals surface area contributed by atoms with Gasteiger partial charge in [0.2, 0.25) is 0 Å². The van der Waals surface area contributed by atoms with E-state index >= 15 is 0 Å². The van der Waals surface area contributed by atoms with Crippen LogP contribution in [-0.2, 0) is 13.1 Å². The molecule has 0 saturated heterocycles. The number of tetrazole rings is 1. The molecule has 2 N–H and O–H groups in total. The first-order valence-electron chi connectivity index (χ1n) is 5.83. The molecule has 0 saturated carbocycles. The smallest absolute Gasteiger partial charge is 0.164 e. The summed E-state index contributed by atoms with van der Waals surface area (Å²) >= 11 is 0. The third-order valence-electron chi connectivity index (χ3n) is 2.51. The quantitative estimate of drug-likeness (QED) is 0.661. The molecule has 0 spiro atoms. The molecule has 1 aromatic rings. The fraction of sp³-hybridized carbons (Fsp3) is 0.900. The summed E-state index contributed by atoms with van der Waals surface area (Å²) in [5.41, 5.74) is 5.50. The van der Waals surface area contributed by atoms with Crippen molar-refractivity contribution < 1.29 is 0 Å². The van der Waals surface area contributed by atoms with Crippen molar-refractivity contribution in [1.82, 2.24) is 20.2 Å². The third-order valence-corrected chi connectivity index (χ3v) is 2.51. The van der Waals surface area contributed by atoms with Gasteiger partial charge in [-0.1, -0.05) is 39.0 Å². The summed E-state index contributed by atoms with van der Waals surface area (Å²) in [6.07, 6.45) is 7.69. The highest BCUT2D eigenvalue weighted by Crippen LogP contribution is 2.06. The van der Waals surface area contributed by atoms with Crippen LogP contribution in [0.5, 0.6) is 0 Å². The summed E-state index contributed by atoms with van der Waals surface area (Å²) in [4.78, 5) is 0. The van der Waals surface area contributed by atoms with E-state index in [4.69, 9.17) is 5.73 Å². The minimum atomic E-state index is 0.419. The van der Waals surface area contributed by atoms with E-state index < -0.39 is 0 Å². The topological polar surface area (TPSA) is 69.6 Å². The summed E-state index contributed by atoms with van der Waals surface area (Å²) in [6, 6.07) is 0. The van der Waals surface area contributed by atoms with Crippen molar-refractivity contribution >= 4 is 0 Å². The Bertz CT molecular complexity index is 258. The van der Waals surface area contributed by atoms with E-state index in [1.807, 2.05) is 0 Å². The predicted molar refractivity (Wildman–Crippen MR) is 59.1 cm³/mol. The van der Waals surface area contributed by atoms with Crippen molar-refractivity contribution in [1.29, 1.82) is 0 Å². The van der Waals surface area contributed by atoms with Gasteiger partial charge in [0.1, 0.15) is 0 Å². The van der Waals surface area contributed by atoms with Crippen LogP contribution in [0.2, 0.25) is 0 Å². The fourth-order valence-electron chi connectivity index (χ4n) is 1.59. The molecule has 0 aliphatic rings. The molecule has 0 aromatic carbocycles. The number of nitrogens with two attached hydrogens (primary N) is 1. The van der Waals surface area contributed by atoms with E-state index in [-0.39, 0.29) is 0 Å². The second-order valence-electron chi connectivity index (χ2n) is 3.79. The molecule has 5 nitrogen and oxygen atoms in total. The van der Waals surface area contributed by atoms with Crippen LogP contribution in [0.4, 0.5) is 0 Å². The van der Waals surface area contributed by atoms with Crippen LogP contribution in [-0.4, -0.2) is 20.2 Å². The Hall–Kier alpha value is -0.970. The molecule has 0 amide bonds. The molecule has 5 heteroatoms. The van der Waals surface area contributed by atoms with Gasteiger partial charge in [0.25, 0.3) is 0 Å². The standard InChI is InChI=1S/C10H21N5/c1-2-3-4-5-6-7-8-15-10(9-11)12-13-14-15/h2-9,11H2,1H3. The molecular weight excluding hydrogens is 190 g/mol. The first-order valence-corrected chi connectivity index (χ1v) is 5.83. The Morgan fingerprint density at radius 3 is 2.60 bits per heavy atom. The van der Waals surface area contributed by atoms with Gasteiger partial charge in [-0.2, -0.15) is 0 Å². The normalized spacial score (nSPS) is 10.8. The van der Waals surface area contributed by atoms with Gasteiger partial charge in [-0.25, -0.2) is 4.68 Å². The van der Waals surface area contributed by atoms with Crippen LogP contribution < -0.4 is 5.73 Å². The van der Waals surface area contributed by atoms with Gasteiger partial charge in [-0.05, 0) is 16.8 Å². The van der Waals surface area contributed by atoms with Crippen LogP contribution in [0.3, 0.4) is 0 Å². The maximum absolute atomic E-state index is 5.50. The lowest BCUT2D eigenvalue weighted by atomic mass is 10.1. The zero-order chi connectivity index (χ0) is 10.9. The first-order chi connectivity index (χ1) is 7.38. The van der Waals surface area contributed by atoms with Crippen molar-refractivity contribution in [2.45, 2.75) is 58.5 Å². The minimum absolute atomic E-state index is 0.419. The van der Waals surface area contributed by atoms with Crippen LogP contribution in [0, 0.1) is 0 Å². The van der Waals surface area contributed by atoms with E-state index in [1.54, 1.807) is 4.68 Å². The Balaban J connectivity index is 2.09. The summed E-state index contributed by atoms with van der Waals surface area (Å²) in [7, 11) is 0. The van der Waals surface area contributed by atoms with Gasteiger partial charge >= 0.3 is 0 Å². The summed E-state index contributed by atoms with van der Waals surface area (Å²) < 4.78 is 1.81. The van der Waals surface area contributed by atoms with Crippen molar-refractivity contribution in [3.8, 4) is 0 Å². The third kappa shape index (κ3) is 4.38. The number of unbranched alkanes of at least 4 members (excludes halogenated alkanes) is 5. The summed E-state index contributed by atoms with van der Waals surface area (Å²) in [6.45, 7) is 3.54. The highest BCUT2D eigenvalue weighted by molar-refractivity contribution is 4.77. The second-order valence-corrected chi connectivity index (χ2v) is 3.79. The van der Waals surface area contributed by atoms with Gasteiger partial charge in [0, 0.05) is 6.54 Å². The maximum Gasteiger partial charge on any atom is 0.164 e. The van der Waals surface area contributed by atoms with Crippen LogP contribution in [0.1, 0.15) is 51.3 Å². The molecule has 1 rings (SSSR count). The van der Waals surface area contributed by atoms with Crippen LogP contribution >= 0.6 is 0 Å². The number of aryl methyl sites for hydroxylation is 1. The number of hydrogen-bond donors (Lipinski definition) is 1. The van der Waals surface area contributed by atoms with E-state index in [0.717, 1.165) is 18.8 Å². The fourth-order valence-corrected chi connectivity index (χ4v) is 1.59. The zero-order valence-electron chi connectivity index (χ0n) is 9.52. The first kappa shape index (κ1) is 12.1. The van der Waals surface area contributed by atoms with E-state index in [1.165, 1.54) is 32.1 Å². The molecule has 0 bridgehead atoms. The van der Waals surface area contributed by atoms with Crippen molar-refractivity contribution in [3.63, 3.8) is 0 Å². The maximum atomic E-state index is 5.50. The molecule has 0 aliphatic carbocycles. The van der Waals surface area contributed by atoms with E-state index in [0.29, 0.717) is 6.54 Å². The molecule has 15 heavy (non-hydrogen) atoms. The summed E-state index contributed by atoms with van der Waals surface area (Å²) in [5.74, 6) is 0.781. The molecule has 1 heterocycles. The Labute approximate surface area is 91.0 Å². The molecule has 0 aliphatic heterocycles. The number of hydrogen-bond acceptors (Lipinski definition) is 4. The average Bonchev–Trinajstić information content (AvgIpc) is 2.70. The molecule has 86 valence electrons. The van der Waals surface area contributed by atoms with Gasteiger partial charge in [0.05, 0.1) is 6.54 Å². The SMILES string of the molecule is CCCCCCCCn1nnnc1CN. The molecule has 0 radical (unpaired) electrons. The lowest BCUT2D eigenvalue weighted by molar-refractivity contribution is 0.503. The minimum Gasteiger partial charge on any atom is -0.324 e. The average molecular weight is 211 g/mol. The number of nitrogens with zero attached hydrogens (tertiary/aromatic N) is 4. The number of rotatable bonds is 8. The zero-order valence-corrected chi connectivity index (χ0v) is 9.52. The highest BCUT2D eigenvalue weighted by Gasteiger charge is 2.02. The molecule has 0 unspecified atom stereocenters. The van der Waals surface area contributed by atoms with Gasteiger partial charge in [-0.15, -0.1) is 5.10 Å². The predicted octanol–water partition coefficient (Wildman–Crippen LogP) is 1.49. The molecule has 0 fully saturated rings. The van der Waals surface area contributed by atoms with Crippen LogP contribution in [0.15, 0.2) is 0 Å². The molecule has 0 atom stereocenters. The van der Waals surface area contributed by atoms with Crippen molar-refractivity contribution in [3.05, 3.63) is 5.82 Å². The van der Waals surface area contributed by atoms with Crippen molar-refractivity contribution in [2.24, 2.45) is 5.73 Å². The number of aromatic nitrogens is 4. The largest absolute Gasteiger partial charge is 0.324 e.